The number of aromatic carboxylic acids is 1. The van der Waals surface area contributed by atoms with E-state index in [0.717, 1.165) is 0 Å². The van der Waals surface area contributed by atoms with Crippen molar-refractivity contribution in [3.05, 3.63) is 61.0 Å². The van der Waals surface area contributed by atoms with Gasteiger partial charge in [-0.15, -0.1) is 0 Å². The Morgan fingerprint density at radius 3 is 2.43 bits per heavy atom. The second kappa shape index (κ2) is 6.23. The lowest BCUT2D eigenvalue weighted by molar-refractivity contribution is -0.384. The first-order valence-corrected chi connectivity index (χ1v) is 7.11. The largest absolute Gasteiger partial charge is 0.478 e. The van der Waals surface area contributed by atoms with E-state index in [4.69, 9.17) is 9.84 Å². The summed E-state index contributed by atoms with van der Waals surface area (Å²) in [6, 6.07) is 8.46. The van der Waals surface area contributed by atoms with Gasteiger partial charge < -0.3 is 9.84 Å². The zero-order chi connectivity index (χ0) is 15.6. The lowest BCUT2D eigenvalue weighted by Gasteiger charge is -2.10. The highest BCUT2D eigenvalue weighted by Gasteiger charge is 2.15. The first-order chi connectivity index (χ1) is 9.88. The van der Waals surface area contributed by atoms with E-state index >= 15 is 0 Å². The highest BCUT2D eigenvalue weighted by molar-refractivity contribution is 9.10. The quantitative estimate of drug-likeness (QED) is 0.580. The monoisotopic (exact) mass is 415 g/mol. The molecule has 0 unspecified atom stereocenters. The minimum Gasteiger partial charge on any atom is -0.478 e. The van der Waals surface area contributed by atoms with Crippen LogP contribution in [0, 0.1) is 10.1 Å². The van der Waals surface area contributed by atoms with E-state index in [0.29, 0.717) is 8.95 Å². The van der Waals surface area contributed by atoms with Crippen molar-refractivity contribution >= 4 is 43.5 Å². The Morgan fingerprint density at radius 2 is 1.86 bits per heavy atom. The summed E-state index contributed by atoms with van der Waals surface area (Å²) >= 11 is 6.40. The summed E-state index contributed by atoms with van der Waals surface area (Å²) < 4.78 is 6.54. The van der Waals surface area contributed by atoms with Crippen LogP contribution in [0.1, 0.15) is 10.4 Å². The second-order valence-electron chi connectivity index (χ2n) is 3.92. The molecule has 0 aliphatic carbocycles. The molecule has 0 saturated heterocycles. The van der Waals surface area contributed by atoms with Crippen molar-refractivity contribution in [2.45, 2.75) is 0 Å². The van der Waals surface area contributed by atoms with E-state index in [2.05, 4.69) is 31.9 Å². The first kappa shape index (κ1) is 15.5. The van der Waals surface area contributed by atoms with Gasteiger partial charge in [0.25, 0.3) is 5.69 Å². The van der Waals surface area contributed by atoms with Crippen molar-refractivity contribution < 1.29 is 19.6 Å². The normalized spacial score (nSPS) is 10.2. The van der Waals surface area contributed by atoms with Gasteiger partial charge in [0.05, 0.1) is 9.40 Å². The average Bonchev–Trinajstić information content (AvgIpc) is 2.40. The summed E-state index contributed by atoms with van der Waals surface area (Å²) in [4.78, 5) is 21.3. The van der Waals surface area contributed by atoms with Crippen molar-refractivity contribution in [1.82, 2.24) is 0 Å². The third-order valence-electron chi connectivity index (χ3n) is 2.52. The molecular formula is C13H7Br2NO5. The summed E-state index contributed by atoms with van der Waals surface area (Å²) in [5, 5.41) is 19.8. The number of halogens is 2. The number of nitro groups is 1. The number of nitro benzene ring substituents is 1. The molecule has 6 nitrogen and oxygen atoms in total. The van der Waals surface area contributed by atoms with Crippen LogP contribution in [0.5, 0.6) is 11.5 Å². The van der Waals surface area contributed by atoms with Crippen LogP contribution in [0.4, 0.5) is 5.69 Å². The van der Waals surface area contributed by atoms with Crippen molar-refractivity contribution in [2.24, 2.45) is 0 Å². The van der Waals surface area contributed by atoms with Gasteiger partial charge in [-0.05, 0) is 40.2 Å². The van der Waals surface area contributed by atoms with Crippen LogP contribution in [-0.4, -0.2) is 16.0 Å². The van der Waals surface area contributed by atoms with Crippen LogP contribution in [-0.2, 0) is 0 Å². The number of hydrogen-bond acceptors (Lipinski definition) is 4. The predicted octanol–water partition coefficient (Wildman–Crippen LogP) is 4.61. The molecular weight excluding hydrogens is 410 g/mol. The van der Waals surface area contributed by atoms with Gasteiger partial charge in [-0.2, -0.15) is 0 Å². The smallest absolute Gasteiger partial charge is 0.339 e. The van der Waals surface area contributed by atoms with Crippen molar-refractivity contribution in [3.63, 3.8) is 0 Å². The fourth-order valence-electron chi connectivity index (χ4n) is 1.56. The number of nitrogens with zero attached hydrogens (tertiary/aromatic N) is 1. The van der Waals surface area contributed by atoms with Gasteiger partial charge in [-0.1, -0.05) is 15.9 Å². The number of rotatable bonds is 4. The van der Waals surface area contributed by atoms with Crippen LogP contribution in [0.3, 0.4) is 0 Å². The zero-order valence-corrected chi connectivity index (χ0v) is 13.4. The average molecular weight is 417 g/mol. The van der Waals surface area contributed by atoms with E-state index in [1.807, 2.05) is 0 Å². The van der Waals surface area contributed by atoms with Crippen LogP contribution in [0.2, 0.25) is 0 Å². The molecule has 0 saturated carbocycles. The van der Waals surface area contributed by atoms with Gasteiger partial charge in [0.15, 0.2) is 0 Å². The van der Waals surface area contributed by atoms with E-state index in [9.17, 15) is 14.9 Å². The summed E-state index contributed by atoms with van der Waals surface area (Å²) in [6.45, 7) is 0. The molecule has 0 spiro atoms. The summed E-state index contributed by atoms with van der Waals surface area (Å²) in [7, 11) is 0. The standard InChI is InChI=1S/C13H7Br2NO5/c14-7-1-3-9(13(17)18)12(5-7)21-11-4-2-8(16(19)20)6-10(11)15/h1-6H,(H,17,18). The van der Waals surface area contributed by atoms with E-state index < -0.39 is 10.9 Å². The molecule has 21 heavy (non-hydrogen) atoms. The zero-order valence-electron chi connectivity index (χ0n) is 10.2. The molecule has 0 heterocycles. The maximum Gasteiger partial charge on any atom is 0.339 e. The lowest BCUT2D eigenvalue weighted by Crippen LogP contribution is -2.00. The van der Waals surface area contributed by atoms with E-state index in [-0.39, 0.29) is 22.7 Å². The molecule has 2 rings (SSSR count). The van der Waals surface area contributed by atoms with E-state index in [1.165, 1.54) is 30.3 Å². The molecule has 2 aromatic carbocycles. The predicted molar refractivity (Wildman–Crippen MR) is 82.0 cm³/mol. The summed E-state index contributed by atoms with van der Waals surface area (Å²) in [6.07, 6.45) is 0. The maximum absolute atomic E-state index is 11.2. The number of carboxylic acids is 1. The van der Waals surface area contributed by atoms with Gasteiger partial charge in [0.1, 0.15) is 17.1 Å². The van der Waals surface area contributed by atoms with Gasteiger partial charge in [-0.25, -0.2) is 4.79 Å². The van der Waals surface area contributed by atoms with Gasteiger partial charge >= 0.3 is 5.97 Å². The summed E-state index contributed by atoms with van der Waals surface area (Å²) in [5.41, 5.74) is -0.106. The molecule has 1 N–H and O–H groups in total. The third-order valence-corrected chi connectivity index (χ3v) is 3.63. The fourth-order valence-corrected chi connectivity index (χ4v) is 2.35. The molecule has 108 valence electrons. The number of non-ortho nitro benzene ring substituents is 1. The number of carbonyl (C=O) groups is 1. The van der Waals surface area contributed by atoms with Crippen molar-refractivity contribution in [2.75, 3.05) is 0 Å². The number of carboxylic acid groups (broad SMARTS) is 1. The Balaban J connectivity index is 2.40. The molecule has 8 heteroatoms. The minimum atomic E-state index is -1.13. The molecule has 2 aromatic rings. The van der Waals surface area contributed by atoms with Crippen LogP contribution in [0.25, 0.3) is 0 Å². The van der Waals surface area contributed by atoms with Gasteiger partial charge in [0, 0.05) is 16.6 Å². The Labute approximate surface area is 135 Å². The molecule has 0 aliphatic heterocycles. The third kappa shape index (κ3) is 3.59. The molecule has 0 aliphatic rings. The Hall–Kier alpha value is -1.93. The number of ether oxygens (including phenoxy) is 1. The van der Waals surface area contributed by atoms with Gasteiger partial charge in [0.2, 0.25) is 0 Å². The van der Waals surface area contributed by atoms with Crippen LogP contribution < -0.4 is 4.74 Å². The molecule has 0 fully saturated rings. The van der Waals surface area contributed by atoms with Crippen molar-refractivity contribution in [3.8, 4) is 11.5 Å². The Bertz CT molecular complexity index is 732. The maximum atomic E-state index is 11.2. The highest BCUT2D eigenvalue weighted by atomic mass is 79.9. The summed E-state index contributed by atoms with van der Waals surface area (Å²) in [5.74, 6) is -0.719. The second-order valence-corrected chi connectivity index (χ2v) is 5.69. The SMILES string of the molecule is O=C(O)c1ccc(Br)cc1Oc1ccc([N+](=O)[O-])cc1Br. The number of benzene rings is 2. The van der Waals surface area contributed by atoms with Gasteiger partial charge in [-0.3, -0.25) is 10.1 Å². The Kier molecular flexibility index (Phi) is 4.59. The van der Waals surface area contributed by atoms with Crippen LogP contribution in [0.15, 0.2) is 45.3 Å². The van der Waals surface area contributed by atoms with E-state index in [1.54, 1.807) is 6.07 Å². The van der Waals surface area contributed by atoms with Crippen LogP contribution >= 0.6 is 31.9 Å². The highest BCUT2D eigenvalue weighted by Crippen LogP contribution is 2.35. The first-order valence-electron chi connectivity index (χ1n) is 5.53. The molecule has 0 aromatic heterocycles. The topological polar surface area (TPSA) is 89.7 Å². The molecule has 0 radical (unpaired) electrons. The minimum absolute atomic E-state index is 0.0107. The number of hydrogen-bond donors (Lipinski definition) is 1. The Morgan fingerprint density at radius 1 is 1.14 bits per heavy atom. The fraction of sp³-hybridized carbons (Fsp3) is 0. The molecule has 0 atom stereocenters. The molecule has 0 bridgehead atoms. The molecule has 0 amide bonds. The lowest BCUT2D eigenvalue weighted by atomic mass is 10.2. The van der Waals surface area contributed by atoms with Crippen molar-refractivity contribution in [1.29, 1.82) is 0 Å².